The van der Waals surface area contributed by atoms with Crippen molar-refractivity contribution in [3.8, 4) is 10.6 Å². The van der Waals surface area contributed by atoms with Crippen LogP contribution in [-0.2, 0) is 29.0 Å². The van der Waals surface area contributed by atoms with Crippen molar-refractivity contribution in [3.05, 3.63) is 82.5 Å². The fourth-order valence-electron chi connectivity index (χ4n) is 3.89. The number of sulfonamides is 1. The highest BCUT2D eigenvalue weighted by Crippen LogP contribution is 2.34. The first-order chi connectivity index (χ1) is 17.1. The molecule has 1 atom stereocenters. The number of rotatable bonds is 6. The predicted molar refractivity (Wildman–Crippen MR) is 132 cm³/mol. The van der Waals surface area contributed by atoms with Crippen LogP contribution in [-0.4, -0.2) is 29.6 Å². The minimum absolute atomic E-state index is 0.0732. The predicted octanol–water partition coefficient (Wildman–Crippen LogP) is 5.65. The van der Waals surface area contributed by atoms with Crippen molar-refractivity contribution >= 4 is 43.9 Å². The lowest BCUT2D eigenvalue weighted by atomic mass is 10.1. The van der Waals surface area contributed by atoms with Crippen LogP contribution < -0.4 is 10.0 Å². The van der Waals surface area contributed by atoms with Crippen molar-refractivity contribution in [1.82, 2.24) is 15.2 Å². The molecule has 0 radical (unpaired) electrons. The van der Waals surface area contributed by atoms with Crippen LogP contribution in [0.5, 0.6) is 0 Å². The molecule has 5 rings (SSSR count). The Morgan fingerprint density at radius 1 is 1.00 bits per heavy atom. The minimum atomic E-state index is -4.54. The van der Waals surface area contributed by atoms with Crippen LogP contribution in [0.15, 0.2) is 65.7 Å². The van der Waals surface area contributed by atoms with Crippen LogP contribution in [0.3, 0.4) is 0 Å². The van der Waals surface area contributed by atoms with E-state index in [0.717, 1.165) is 40.3 Å². The van der Waals surface area contributed by atoms with E-state index in [0.29, 0.717) is 17.8 Å². The van der Waals surface area contributed by atoms with Crippen LogP contribution >= 0.6 is 22.9 Å². The topological polar surface area (TPSA) is 96.9 Å². The number of hydrogen-bond donors (Lipinski definition) is 2. The third-order valence-electron chi connectivity index (χ3n) is 5.60. The zero-order chi connectivity index (χ0) is 25.5. The summed E-state index contributed by atoms with van der Waals surface area (Å²) in [6.45, 7) is 0. The number of fused-ring (bicyclic) bond motifs is 1. The van der Waals surface area contributed by atoms with Crippen molar-refractivity contribution < 1.29 is 21.6 Å². The summed E-state index contributed by atoms with van der Waals surface area (Å²) in [5, 5.41) is 11.7. The number of halogens is 4. The van der Waals surface area contributed by atoms with Gasteiger partial charge in [-0.3, -0.25) is 4.72 Å². The van der Waals surface area contributed by atoms with Gasteiger partial charge in [0.2, 0.25) is 5.13 Å². The van der Waals surface area contributed by atoms with Gasteiger partial charge < -0.3 is 5.32 Å². The number of aromatic nitrogens is 3. The molecule has 0 saturated carbocycles. The molecule has 36 heavy (non-hydrogen) atoms. The molecular weight excluding hydrogens is 535 g/mol. The average Bonchev–Trinajstić information content (AvgIpc) is 3.46. The fourth-order valence-corrected chi connectivity index (χ4v) is 6.14. The van der Waals surface area contributed by atoms with Gasteiger partial charge in [-0.05, 0) is 42.2 Å². The van der Waals surface area contributed by atoms with E-state index >= 15 is 0 Å². The maximum atomic E-state index is 13.0. The highest BCUT2D eigenvalue weighted by Gasteiger charge is 2.32. The zero-order valence-corrected chi connectivity index (χ0v) is 20.6. The molecule has 2 aromatic carbocycles. The average molecular weight is 552 g/mol. The zero-order valence-electron chi connectivity index (χ0n) is 18.3. The summed E-state index contributed by atoms with van der Waals surface area (Å²) < 4.78 is 67.0. The molecule has 0 spiro atoms. The summed E-state index contributed by atoms with van der Waals surface area (Å²) in [6.07, 6.45) is -2.82. The van der Waals surface area contributed by atoms with E-state index < -0.39 is 21.8 Å². The van der Waals surface area contributed by atoms with Crippen LogP contribution in [0, 0.1) is 0 Å². The Labute approximate surface area is 213 Å². The first-order valence-corrected chi connectivity index (χ1v) is 13.3. The lowest BCUT2D eigenvalue weighted by molar-refractivity contribution is -0.137. The van der Waals surface area contributed by atoms with Crippen LogP contribution in [0.1, 0.15) is 16.7 Å². The highest BCUT2D eigenvalue weighted by molar-refractivity contribution is 7.93. The van der Waals surface area contributed by atoms with Crippen molar-refractivity contribution in [2.75, 3.05) is 10.0 Å². The summed E-state index contributed by atoms with van der Waals surface area (Å²) in [5.41, 5.74) is 1.64. The van der Waals surface area contributed by atoms with Crippen molar-refractivity contribution in [2.24, 2.45) is 0 Å². The first-order valence-electron chi connectivity index (χ1n) is 10.6. The molecule has 2 aromatic heterocycles. The summed E-state index contributed by atoms with van der Waals surface area (Å²) in [5.74, 6) is 0.141. The monoisotopic (exact) mass is 551 g/mol. The van der Waals surface area contributed by atoms with Crippen molar-refractivity contribution in [2.45, 2.75) is 30.0 Å². The summed E-state index contributed by atoms with van der Waals surface area (Å²) in [4.78, 5) is 3.89. The molecule has 1 aliphatic carbocycles. The van der Waals surface area contributed by atoms with Gasteiger partial charge in [0.1, 0.15) is 10.8 Å². The van der Waals surface area contributed by atoms with Gasteiger partial charge in [0.15, 0.2) is 0 Å². The lowest BCUT2D eigenvalue weighted by Gasteiger charge is -2.15. The SMILES string of the molecule is O=S(=O)(Nc1nnc(-c2ccccc2)s1)c1ccc2c(c1)CC(Nc1ncc(C(F)(F)F)cc1Cl)C2. The van der Waals surface area contributed by atoms with Gasteiger partial charge in [-0.1, -0.05) is 59.3 Å². The normalized spacial score (nSPS) is 15.5. The number of alkyl halides is 3. The summed E-state index contributed by atoms with van der Waals surface area (Å²) >= 11 is 7.13. The van der Waals surface area contributed by atoms with Gasteiger partial charge in [-0.2, -0.15) is 13.2 Å². The third kappa shape index (κ3) is 5.15. The standard InChI is InChI=1S/C23H17ClF3N5O2S2/c24-19-11-16(23(25,26)27)12-28-20(19)29-17-8-14-6-7-18(10-15(14)9-17)36(33,34)32-22-31-30-21(35-22)13-4-2-1-3-5-13/h1-7,10-12,17H,8-9H2,(H,28,29)(H,31,32). The number of anilines is 2. The minimum Gasteiger partial charge on any atom is -0.365 e. The number of benzene rings is 2. The molecule has 1 unspecified atom stereocenters. The molecule has 2 N–H and O–H groups in total. The molecule has 7 nitrogen and oxygen atoms in total. The Morgan fingerprint density at radius 3 is 2.47 bits per heavy atom. The Morgan fingerprint density at radius 2 is 1.75 bits per heavy atom. The maximum absolute atomic E-state index is 13.0. The molecule has 0 fully saturated rings. The van der Waals surface area contributed by atoms with Crippen LogP contribution in [0.4, 0.5) is 24.1 Å². The number of nitrogens with zero attached hydrogens (tertiary/aromatic N) is 3. The summed E-state index contributed by atoms with van der Waals surface area (Å²) in [7, 11) is -3.91. The lowest BCUT2D eigenvalue weighted by Crippen LogP contribution is -2.20. The Hall–Kier alpha value is -3.22. The first kappa shape index (κ1) is 24.5. The van der Waals surface area contributed by atoms with E-state index in [1.807, 2.05) is 30.3 Å². The molecular formula is C23H17ClF3N5O2S2. The molecule has 2 heterocycles. The third-order valence-corrected chi connectivity index (χ3v) is 8.24. The molecule has 186 valence electrons. The van der Waals surface area contributed by atoms with Crippen molar-refractivity contribution in [1.29, 1.82) is 0 Å². The van der Waals surface area contributed by atoms with Gasteiger partial charge in [0.05, 0.1) is 15.5 Å². The number of hydrogen-bond acceptors (Lipinski definition) is 7. The number of nitrogens with one attached hydrogen (secondary N) is 2. The largest absolute Gasteiger partial charge is 0.417 e. The van der Waals surface area contributed by atoms with E-state index in [2.05, 4.69) is 25.2 Å². The quantitative estimate of drug-likeness (QED) is 0.321. The molecule has 13 heteroatoms. The van der Waals surface area contributed by atoms with E-state index in [-0.39, 0.29) is 26.9 Å². The van der Waals surface area contributed by atoms with E-state index in [1.165, 1.54) is 6.07 Å². The second-order valence-electron chi connectivity index (χ2n) is 8.12. The Balaban J connectivity index is 1.29. The van der Waals surface area contributed by atoms with Gasteiger partial charge >= 0.3 is 6.18 Å². The fraction of sp³-hybridized carbons (Fsp3) is 0.174. The van der Waals surface area contributed by atoms with E-state index in [9.17, 15) is 21.6 Å². The highest BCUT2D eigenvalue weighted by atomic mass is 35.5. The van der Waals surface area contributed by atoms with Crippen molar-refractivity contribution in [3.63, 3.8) is 0 Å². The van der Waals surface area contributed by atoms with Gasteiger partial charge in [-0.15, -0.1) is 10.2 Å². The molecule has 0 bridgehead atoms. The number of pyridine rings is 1. The summed E-state index contributed by atoms with van der Waals surface area (Å²) in [6, 6.07) is 14.7. The molecule has 0 aliphatic heterocycles. The van der Waals surface area contributed by atoms with E-state index in [4.69, 9.17) is 11.6 Å². The van der Waals surface area contributed by atoms with Crippen LogP contribution in [0.2, 0.25) is 5.02 Å². The molecule has 0 amide bonds. The second-order valence-corrected chi connectivity index (χ2v) is 11.2. The Bertz CT molecular complexity index is 1530. The second kappa shape index (κ2) is 9.34. The van der Waals surface area contributed by atoms with Gasteiger partial charge in [0.25, 0.3) is 10.0 Å². The Kier molecular flexibility index (Phi) is 6.35. The van der Waals surface area contributed by atoms with Gasteiger partial charge in [-0.25, -0.2) is 13.4 Å². The maximum Gasteiger partial charge on any atom is 0.417 e. The van der Waals surface area contributed by atoms with E-state index in [1.54, 1.807) is 12.1 Å². The molecule has 1 aliphatic rings. The van der Waals surface area contributed by atoms with Crippen LogP contribution in [0.25, 0.3) is 10.6 Å². The molecule has 0 saturated heterocycles. The van der Waals surface area contributed by atoms with Gasteiger partial charge in [0, 0.05) is 17.8 Å². The smallest absolute Gasteiger partial charge is 0.365 e. The molecule has 4 aromatic rings.